The van der Waals surface area contributed by atoms with Crippen LogP contribution < -0.4 is 0 Å². The van der Waals surface area contributed by atoms with Crippen LogP contribution in [0.5, 0.6) is 0 Å². The minimum absolute atomic E-state index is 0.0113. The first-order valence-electron chi connectivity index (χ1n) is 4.41. The minimum Gasteiger partial charge on any atom is -0.480 e. The van der Waals surface area contributed by atoms with E-state index in [9.17, 15) is 26.4 Å². The summed E-state index contributed by atoms with van der Waals surface area (Å²) in [6.07, 6.45) is 0. The van der Waals surface area contributed by atoms with Gasteiger partial charge in [0.15, 0.2) is 0 Å². The van der Waals surface area contributed by atoms with Crippen LogP contribution in [0.3, 0.4) is 0 Å². The van der Waals surface area contributed by atoms with Crippen LogP contribution in [0.2, 0.25) is 0 Å². The number of rotatable bonds is 6. The largest absolute Gasteiger partial charge is 0.511 e. The van der Waals surface area contributed by atoms with Gasteiger partial charge in [-0.15, -0.1) is 0 Å². The van der Waals surface area contributed by atoms with E-state index in [1.165, 1.54) is 19.0 Å². The van der Waals surface area contributed by atoms with Gasteiger partial charge in [0.25, 0.3) is 0 Å². The van der Waals surface area contributed by atoms with Crippen molar-refractivity contribution in [2.75, 3.05) is 33.7 Å². The molecule has 17 heavy (non-hydrogen) atoms. The van der Waals surface area contributed by atoms with Gasteiger partial charge >= 0.3 is 21.5 Å². The van der Waals surface area contributed by atoms with Crippen molar-refractivity contribution in [1.29, 1.82) is 0 Å². The molecule has 0 bridgehead atoms. The van der Waals surface area contributed by atoms with E-state index >= 15 is 0 Å². The number of halogens is 3. The Kier molecular flexibility index (Phi) is 5.36. The standard InChI is InChI=1S/C7H13F3N2O4S/c1-11(2)3-4-12(5-6(13)14)17(15,16)7(8,9)10/h3-5H2,1-2H3,(H,13,14). The van der Waals surface area contributed by atoms with Crippen molar-refractivity contribution in [3.05, 3.63) is 0 Å². The Morgan fingerprint density at radius 2 is 1.71 bits per heavy atom. The molecule has 0 aliphatic heterocycles. The molecule has 0 aromatic rings. The predicted octanol–water partition coefficient (Wildman–Crippen LogP) is -0.216. The molecule has 0 unspecified atom stereocenters. The van der Waals surface area contributed by atoms with E-state index in [0.717, 1.165) is 0 Å². The zero-order valence-electron chi connectivity index (χ0n) is 9.23. The number of likely N-dealkylation sites (N-methyl/N-ethyl adjacent to an activating group) is 1. The lowest BCUT2D eigenvalue weighted by Gasteiger charge is -2.22. The molecule has 0 aliphatic rings. The third-order valence-electron chi connectivity index (χ3n) is 1.74. The van der Waals surface area contributed by atoms with E-state index in [2.05, 4.69) is 0 Å². The minimum atomic E-state index is -5.60. The molecule has 0 aromatic heterocycles. The van der Waals surface area contributed by atoms with Gasteiger partial charge in [0, 0.05) is 13.1 Å². The third-order valence-corrected chi connectivity index (χ3v) is 3.32. The molecule has 0 aliphatic carbocycles. The first kappa shape index (κ1) is 16.1. The number of nitrogens with zero attached hydrogens (tertiary/aromatic N) is 2. The maximum absolute atomic E-state index is 12.2. The van der Waals surface area contributed by atoms with Crippen molar-refractivity contribution in [2.45, 2.75) is 5.51 Å². The maximum Gasteiger partial charge on any atom is 0.511 e. The Bertz CT molecular complexity index is 366. The van der Waals surface area contributed by atoms with Crippen LogP contribution in [0.25, 0.3) is 0 Å². The number of carboxylic acid groups (broad SMARTS) is 1. The van der Waals surface area contributed by atoms with Gasteiger partial charge < -0.3 is 10.0 Å². The quantitative estimate of drug-likeness (QED) is 0.727. The molecule has 0 saturated carbocycles. The number of hydrogen-bond donors (Lipinski definition) is 1. The van der Waals surface area contributed by atoms with Crippen molar-refractivity contribution >= 4 is 16.0 Å². The molecular formula is C7H13F3N2O4S. The van der Waals surface area contributed by atoms with Crippen LogP contribution in [0.15, 0.2) is 0 Å². The van der Waals surface area contributed by atoms with Gasteiger partial charge in [-0.3, -0.25) is 4.79 Å². The molecule has 0 saturated heterocycles. The summed E-state index contributed by atoms with van der Waals surface area (Å²) in [6.45, 7) is -1.76. The number of carboxylic acids is 1. The Hall–Kier alpha value is -0.870. The summed E-state index contributed by atoms with van der Waals surface area (Å²) in [5.74, 6) is -1.64. The SMILES string of the molecule is CN(C)CCN(CC(=O)O)S(=O)(=O)C(F)(F)F. The highest BCUT2D eigenvalue weighted by molar-refractivity contribution is 7.90. The van der Waals surface area contributed by atoms with Gasteiger partial charge in [-0.05, 0) is 14.1 Å². The summed E-state index contributed by atoms with van der Waals surface area (Å²) in [6, 6.07) is 0. The van der Waals surface area contributed by atoms with Crippen LogP contribution in [0, 0.1) is 0 Å². The smallest absolute Gasteiger partial charge is 0.480 e. The second-order valence-electron chi connectivity index (χ2n) is 3.48. The van der Waals surface area contributed by atoms with Crippen LogP contribution in [-0.2, 0) is 14.8 Å². The Morgan fingerprint density at radius 3 is 2.00 bits per heavy atom. The van der Waals surface area contributed by atoms with Gasteiger partial charge in [0.2, 0.25) is 0 Å². The Morgan fingerprint density at radius 1 is 1.24 bits per heavy atom. The summed E-state index contributed by atoms with van der Waals surface area (Å²) in [5.41, 5.74) is -5.49. The van der Waals surface area contributed by atoms with Crippen molar-refractivity contribution in [3.8, 4) is 0 Å². The summed E-state index contributed by atoms with van der Waals surface area (Å²) in [4.78, 5) is 11.8. The molecule has 0 atom stereocenters. The average molecular weight is 278 g/mol. The average Bonchev–Trinajstić information content (AvgIpc) is 2.09. The zero-order chi connectivity index (χ0) is 13.9. The van der Waals surface area contributed by atoms with E-state index in [1.807, 2.05) is 0 Å². The molecule has 0 fully saturated rings. The normalized spacial score (nSPS) is 13.4. The second kappa shape index (κ2) is 5.65. The Balaban J connectivity index is 4.98. The molecule has 0 radical (unpaired) electrons. The van der Waals surface area contributed by atoms with Gasteiger partial charge in [-0.1, -0.05) is 0 Å². The van der Waals surface area contributed by atoms with E-state index < -0.39 is 34.6 Å². The van der Waals surface area contributed by atoms with Crippen LogP contribution in [0.4, 0.5) is 13.2 Å². The summed E-state index contributed by atoms with van der Waals surface area (Å²) in [5, 5.41) is 8.39. The van der Waals surface area contributed by atoms with E-state index in [1.54, 1.807) is 0 Å². The monoisotopic (exact) mass is 278 g/mol. The second-order valence-corrected chi connectivity index (χ2v) is 5.41. The lowest BCUT2D eigenvalue weighted by Crippen LogP contribution is -2.45. The van der Waals surface area contributed by atoms with E-state index in [-0.39, 0.29) is 10.8 Å². The topological polar surface area (TPSA) is 77.9 Å². The van der Waals surface area contributed by atoms with Crippen molar-refractivity contribution < 1.29 is 31.5 Å². The predicted molar refractivity (Wildman–Crippen MR) is 52.7 cm³/mol. The molecule has 0 rings (SSSR count). The lowest BCUT2D eigenvalue weighted by atomic mass is 10.5. The number of carbonyl (C=O) groups is 1. The van der Waals surface area contributed by atoms with Crippen molar-refractivity contribution in [1.82, 2.24) is 9.21 Å². The third kappa shape index (κ3) is 4.88. The number of alkyl halides is 3. The van der Waals surface area contributed by atoms with Gasteiger partial charge in [-0.2, -0.15) is 17.5 Å². The molecule has 0 heterocycles. The number of sulfonamides is 1. The fourth-order valence-corrected chi connectivity index (χ4v) is 1.79. The molecule has 6 nitrogen and oxygen atoms in total. The number of aliphatic carboxylic acids is 1. The number of hydrogen-bond acceptors (Lipinski definition) is 4. The van der Waals surface area contributed by atoms with Crippen LogP contribution in [-0.4, -0.2) is 67.9 Å². The van der Waals surface area contributed by atoms with Crippen molar-refractivity contribution in [2.24, 2.45) is 0 Å². The van der Waals surface area contributed by atoms with Gasteiger partial charge in [-0.25, -0.2) is 8.42 Å². The lowest BCUT2D eigenvalue weighted by molar-refractivity contribution is -0.137. The zero-order valence-corrected chi connectivity index (χ0v) is 10.0. The summed E-state index contributed by atoms with van der Waals surface area (Å²) >= 11 is 0. The molecule has 0 amide bonds. The molecule has 10 heteroatoms. The first-order valence-corrected chi connectivity index (χ1v) is 5.85. The Labute approximate surface area is 96.7 Å². The van der Waals surface area contributed by atoms with Gasteiger partial charge in [0.1, 0.15) is 6.54 Å². The molecule has 0 aromatic carbocycles. The summed E-state index contributed by atoms with van der Waals surface area (Å²) < 4.78 is 58.6. The van der Waals surface area contributed by atoms with Crippen LogP contribution in [0.1, 0.15) is 0 Å². The first-order chi connectivity index (χ1) is 7.48. The fraction of sp³-hybridized carbons (Fsp3) is 0.857. The van der Waals surface area contributed by atoms with E-state index in [0.29, 0.717) is 0 Å². The highest BCUT2D eigenvalue weighted by Crippen LogP contribution is 2.26. The molecule has 0 spiro atoms. The summed E-state index contributed by atoms with van der Waals surface area (Å²) in [7, 11) is -2.55. The highest BCUT2D eigenvalue weighted by Gasteiger charge is 2.50. The highest BCUT2D eigenvalue weighted by atomic mass is 32.2. The van der Waals surface area contributed by atoms with Crippen molar-refractivity contribution in [3.63, 3.8) is 0 Å². The fourth-order valence-electron chi connectivity index (χ4n) is 0.893. The molecule has 102 valence electrons. The van der Waals surface area contributed by atoms with Gasteiger partial charge in [0.05, 0.1) is 0 Å². The van der Waals surface area contributed by atoms with Crippen LogP contribution >= 0.6 is 0 Å². The molecule has 1 N–H and O–H groups in total. The van der Waals surface area contributed by atoms with E-state index in [4.69, 9.17) is 5.11 Å². The maximum atomic E-state index is 12.2. The molecular weight excluding hydrogens is 265 g/mol.